The molecule has 0 spiro atoms. The Balaban J connectivity index is 1.50. The van der Waals surface area contributed by atoms with Gasteiger partial charge in [-0.3, -0.25) is 13.8 Å². The van der Waals surface area contributed by atoms with Gasteiger partial charge in [0.15, 0.2) is 0 Å². The number of carbonyl (C=O) groups is 2. The molecule has 0 fully saturated rings. The zero-order valence-corrected chi connectivity index (χ0v) is 18.8. The first kappa shape index (κ1) is 22.0. The number of anilines is 1. The maximum atomic E-state index is 12.9. The highest BCUT2D eigenvalue weighted by molar-refractivity contribution is 7.86. The third kappa shape index (κ3) is 5.14. The lowest BCUT2D eigenvalue weighted by molar-refractivity contribution is -0.116. The van der Waals surface area contributed by atoms with Crippen LogP contribution < -0.4 is 10.2 Å². The Bertz CT molecular complexity index is 1130. The molecule has 3 aromatic rings. The number of rotatable bonds is 7. The summed E-state index contributed by atoms with van der Waals surface area (Å²) in [6, 6.07) is 24.9. The Kier molecular flexibility index (Phi) is 6.81. The summed E-state index contributed by atoms with van der Waals surface area (Å²) < 4.78 is 12.5. The fourth-order valence-electron chi connectivity index (χ4n) is 3.81. The topological polar surface area (TPSA) is 66.5 Å². The smallest absolute Gasteiger partial charge is 0.251 e. The second kappa shape index (κ2) is 9.92. The lowest BCUT2D eigenvalue weighted by atomic mass is 10.1. The molecule has 1 aliphatic rings. The Morgan fingerprint density at radius 1 is 1.00 bits per heavy atom. The number of nitrogens with zero attached hydrogens (tertiary/aromatic N) is 1. The third-order valence-corrected chi connectivity index (χ3v) is 6.93. The number of carbonyl (C=O) groups excluding carboxylic acids is 2. The van der Waals surface area contributed by atoms with Gasteiger partial charge in [-0.05, 0) is 49.1 Å². The van der Waals surface area contributed by atoms with Crippen molar-refractivity contribution >= 4 is 28.3 Å². The lowest BCUT2D eigenvalue weighted by Gasteiger charge is -2.29. The molecule has 1 heterocycles. The van der Waals surface area contributed by atoms with Gasteiger partial charge in [-0.15, -0.1) is 0 Å². The Morgan fingerprint density at radius 3 is 2.34 bits per heavy atom. The normalized spacial score (nSPS) is 16.3. The van der Waals surface area contributed by atoms with Crippen molar-refractivity contribution in [3.8, 4) is 0 Å². The number of hydrogen-bond acceptors (Lipinski definition) is 3. The van der Waals surface area contributed by atoms with E-state index in [0.29, 0.717) is 22.7 Å². The summed E-state index contributed by atoms with van der Waals surface area (Å²) in [5, 5.41) is 3.04. The third-order valence-electron chi connectivity index (χ3n) is 5.58. The van der Waals surface area contributed by atoms with Crippen LogP contribution in [0.1, 0.15) is 34.8 Å². The van der Waals surface area contributed by atoms with E-state index < -0.39 is 10.8 Å². The van der Waals surface area contributed by atoms with Crippen molar-refractivity contribution in [3.63, 3.8) is 0 Å². The minimum Gasteiger partial charge on any atom is -0.350 e. The van der Waals surface area contributed by atoms with Crippen LogP contribution in [0.25, 0.3) is 0 Å². The van der Waals surface area contributed by atoms with Crippen LogP contribution in [-0.4, -0.2) is 27.8 Å². The lowest BCUT2D eigenvalue weighted by Crippen LogP contribution is -2.39. The molecule has 164 valence electrons. The number of hydrogen-bond donors (Lipinski definition) is 1. The van der Waals surface area contributed by atoms with Gasteiger partial charge in [-0.25, -0.2) is 0 Å². The maximum absolute atomic E-state index is 12.9. The zero-order chi connectivity index (χ0) is 22.5. The van der Waals surface area contributed by atoms with E-state index in [4.69, 9.17) is 0 Å². The van der Waals surface area contributed by atoms with Crippen LogP contribution in [-0.2, 0) is 28.6 Å². The molecule has 0 aliphatic carbocycles. The molecular weight excluding hydrogens is 420 g/mol. The van der Waals surface area contributed by atoms with Crippen molar-refractivity contribution in [2.75, 3.05) is 10.7 Å². The number of nitrogens with one attached hydrogen (secondary N) is 1. The first-order chi connectivity index (χ1) is 15.5. The Morgan fingerprint density at radius 2 is 1.66 bits per heavy atom. The van der Waals surface area contributed by atoms with E-state index in [1.807, 2.05) is 55.5 Å². The van der Waals surface area contributed by atoms with E-state index in [9.17, 15) is 13.8 Å². The number of aryl methyl sites for hydroxylation is 1. The van der Waals surface area contributed by atoms with E-state index in [-0.39, 0.29) is 23.6 Å². The van der Waals surface area contributed by atoms with Crippen molar-refractivity contribution in [1.29, 1.82) is 0 Å². The van der Waals surface area contributed by atoms with Crippen molar-refractivity contribution in [2.24, 2.45) is 0 Å². The fourth-order valence-corrected chi connectivity index (χ4v) is 4.97. The molecule has 4 rings (SSSR count). The van der Waals surface area contributed by atoms with Gasteiger partial charge in [0, 0.05) is 11.6 Å². The van der Waals surface area contributed by atoms with E-state index in [1.54, 1.807) is 23.1 Å². The first-order valence-electron chi connectivity index (χ1n) is 10.7. The SMILES string of the molecule is CC(CCc1ccccc1)NC(=O)c1ccc2c(c1)N(Cc1ccccc1)C(=O)CS2=O. The molecule has 1 aliphatic heterocycles. The molecule has 0 bridgehead atoms. The number of amides is 2. The van der Waals surface area contributed by atoms with Crippen LogP contribution in [0.2, 0.25) is 0 Å². The van der Waals surface area contributed by atoms with Crippen molar-refractivity contribution in [1.82, 2.24) is 5.32 Å². The van der Waals surface area contributed by atoms with Gasteiger partial charge in [0.1, 0.15) is 5.75 Å². The Labute approximate surface area is 190 Å². The molecular formula is C26H26N2O3S. The van der Waals surface area contributed by atoms with Crippen molar-refractivity contribution in [2.45, 2.75) is 37.2 Å². The molecule has 32 heavy (non-hydrogen) atoms. The highest BCUT2D eigenvalue weighted by Gasteiger charge is 2.30. The Hall–Kier alpha value is -3.25. The van der Waals surface area contributed by atoms with Gasteiger partial charge in [0.25, 0.3) is 5.91 Å². The summed E-state index contributed by atoms with van der Waals surface area (Å²) in [4.78, 5) is 27.8. The first-order valence-corrected chi connectivity index (χ1v) is 12.0. The van der Waals surface area contributed by atoms with E-state index in [2.05, 4.69) is 17.4 Å². The second-order valence-corrected chi connectivity index (χ2v) is 9.46. The van der Waals surface area contributed by atoms with Crippen molar-refractivity contribution in [3.05, 3.63) is 95.6 Å². The van der Waals surface area contributed by atoms with Crippen LogP contribution in [0.4, 0.5) is 5.69 Å². The van der Waals surface area contributed by atoms with Crippen LogP contribution >= 0.6 is 0 Å². The predicted octanol–water partition coefficient (Wildman–Crippen LogP) is 4.09. The van der Waals surface area contributed by atoms with E-state index in [0.717, 1.165) is 18.4 Å². The van der Waals surface area contributed by atoms with Gasteiger partial charge in [-0.1, -0.05) is 60.7 Å². The van der Waals surface area contributed by atoms with Gasteiger partial charge in [0.2, 0.25) is 5.91 Å². The average molecular weight is 447 g/mol. The van der Waals surface area contributed by atoms with Crippen molar-refractivity contribution < 1.29 is 13.8 Å². The molecule has 2 atom stereocenters. The minimum absolute atomic E-state index is 0.00470. The highest BCUT2D eigenvalue weighted by Crippen LogP contribution is 2.31. The molecule has 3 aromatic carbocycles. The van der Waals surface area contributed by atoms with Crippen LogP contribution in [0.15, 0.2) is 83.8 Å². The maximum Gasteiger partial charge on any atom is 0.251 e. The summed E-state index contributed by atoms with van der Waals surface area (Å²) in [5.41, 5.74) is 3.22. The van der Waals surface area contributed by atoms with Crippen LogP contribution in [0, 0.1) is 0 Å². The highest BCUT2D eigenvalue weighted by atomic mass is 32.2. The molecule has 2 amide bonds. The van der Waals surface area contributed by atoms with Gasteiger partial charge >= 0.3 is 0 Å². The summed E-state index contributed by atoms with van der Waals surface area (Å²) in [5.74, 6) is -0.438. The van der Waals surface area contributed by atoms with Gasteiger partial charge < -0.3 is 10.2 Å². The zero-order valence-electron chi connectivity index (χ0n) is 18.0. The summed E-state index contributed by atoms with van der Waals surface area (Å²) in [7, 11) is -1.40. The number of fused-ring (bicyclic) bond motifs is 1. The van der Waals surface area contributed by atoms with Crippen LogP contribution in [0.3, 0.4) is 0 Å². The molecule has 1 N–H and O–H groups in total. The minimum atomic E-state index is -1.40. The van der Waals surface area contributed by atoms with Gasteiger partial charge in [0.05, 0.1) is 27.9 Å². The van der Waals surface area contributed by atoms with Crippen LogP contribution in [0.5, 0.6) is 0 Å². The molecule has 0 saturated heterocycles. The molecule has 6 heteroatoms. The largest absolute Gasteiger partial charge is 0.350 e. The number of benzene rings is 3. The molecule has 5 nitrogen and oxygen atoms in total. The summed E-state index contributed by atoms with van der Waals surface area (Å²) in [6.07, 6.45) is 1.70. The summed E-state index contributed by atoms with van der Waals surface area (Å²) in [6.45, 7) is 2.36. The van der Waals surface area contributed by atoms with E-state index in [1.165, 1.54) is 5.56 Å². The average Bonchev–Trinajstić information content (AvgIpc) is 2.81. The van der Waals surface area contributed by atoms with E-state index >= 15 is 0 Å². The summed E-state index contributed by atoms with van der Waals surface area (Å²) >= 11 is 0. The quantitative estimate of drug-likeness (QED) is 0.594. The molecule has 0 saturated carbocycles. The standard InChI is InChI=1S/C26H26N2O3S/c1-19(12-13-20-8-4-2-5-9-20)27-26(30)22-14-15-24-23(16-22)28(25(29)18-32(24)31)17-21-10-6-3-7-11-21/h2-11,14-16,19H,12-13,17-18H2,1H3,(H,27,30). The second-order valence-electron chi connectivity index (χ2n) is 8.04. The van der Waals surface area contributed by atoms with Gasteiger partial charge in [-0.2, -0.15) is 0 Å². The predicted molar refractivity (Wildman–Crippen MR) is 127 cm³/mol. The monoisotopic (exact) mass is 446 g/mol. The molecule has 0 aromatic heterocycles. The fraction of sp³-hybridized carbons (Fsp3) is 0.231. The molecule has 0 radical (unpaired) electrons. The molecule has 2 unspecified atom stereocenters.